The standard InChI is InChI=1S/C16H18O4/c1-3-5-11-16(14(17)18,15(19)20-4-2)12-13-9-7-6-8-10-13/h1,6-10H,4-5,11-12H2,2H3,(H,17,18). The van der Waals surface area contributed by atoms with E-state index in [1.807, 2.05) is 6.07 Å². The van der Waals surface area contributed by atoms with Gasteiger partial charge >= 0.3 is 11.9 Å². The summed E-state index contributed by atoms with van der Waals surface area (Å²) in [4.78, 5) is 23.8. The van der Waals surface area contributed by atoms with E-state index in [0.717, 1.165) is 5.56 Å². The molecule has 1 aromatic carbocycles. The molecule has 0 aliphatic rings. The van der Waals surface area contributed by atoms with Crippen LogP contribution in [0.5, 0.6) is 0 Å². The summed E-state index contributed by atoms with van der Waals surface area (Å²) in [6.45, 7) is 1.78. The van der Waals surface area contributed by atoms with Gasteiger partial charge in [-0.1, -0.05) is 30.3 Å². The molecule has 1 atom stereocenters. The quantitative estimate of drug-likeness (QED) is 0.470. The minimum atomic E-state index is -1.62. The topological polar surface area (TPSA) is 63.6 Å². The van der Waals surface area contributed by atoms with Gasteiger partial charge in [0.15, 0.2) is 5.41 Å². The number of hydrogen-bond acceptors (Lipinski definition) is 3. The maximum Gasteiger partial charge on any atom is 0.323 e. The zero-order valence-electron chi connectivity index (χ0n) is 11.5. The fourth-order valence-corrected chi connectivity index (χ4v) is 2.03. The predicted octanol–water partition coefficient (Wildman–Crippen LogP) is 2.28. The van der Waals surface area contributed by atoms with E-state index >= 15 is 0 Å². The summed E-state index contributed by atoms with van der Waals surface area (Å²) in [6, 6.07) is 9.00. The normalized spacial score (nSPS) is 13.0. The Morgan fingerprint density at radius 2 is 2.00 bits per heavy atom. The molecule has 0 aliphatic carbocycles. The number of carbonyl (C=O) groups excluding carboxylic acids is 1. The van der Waals surface area contributed by atoms with Crippen molar-refractivity contribution in [2.24, 2.45) is 5.41 Å². The molecule has 1 aromatic rings. The highest BCUT2D eigenvalue weighted by Gasteiger charge is 2.47. The molecule has 4 nitrogen and oxygen atoms in total. The molecule has 0 bridgehead atoms. The Hall–Kier alpha value is -2.28. The second-order valence-electron chi connectivity index (χ2n) is 4.47. The number of carbonyl (C=O) groups is 2. The largest absolute Gasteiger partial charge is 0.480 e. The molecule has 0 saturated carbocycles. The van der Waals surface area contributed by atoms with Gasteiger partial charge in [-0.3, -0.25) is 9.59 Å². The van der Waals surface area contributed by atoms with Gasteiger partial charge in [-0.25, -0.2) is 0 Å². The van der Waals surface area contributed by atoms with Crippen LogP contribution in [0.25, 0.3) is 0 Å². The molecule has 0 aliphatic heterocycles. The maximum absolute atomic E-state index is 12.1. The van der Waals surface area contributed by atoms with Crippen molar-refractivity contribution in [2.45, 2.75) is 26.2 Å². The highest BCUT2D eigenvalue weighted by molar-refractivity contribution is 5.99. The van der Waals surface area contributed by atoms with E-state index in [1.54, 1.807) is 31.2 Å². The average molecular weight is 274 g/mol. The van der Waals surface area contributed by atoms with E-state index in [-0.39, 0.29) is 25.9 Å². The van der Waals surface area contributed by atoms with Gasteiger partial charge in [0.05, 0.1) is 6.61 Å². The van der Waals surface area contributed by atoms with Gasteiger partial charge in [-0.2, -0.15) is 0 Å². The first-order valence-electron chi connectivity index (χ1n) is 6.45. The van der Waals surface area contributed by atoms with Crippen LogP contribution in [-0.4, -0.2) is 23.7 Å². The molecular weight excluding hydrogens is 256 g/mol. The van der Waals surface area contributed by atoms with Crippen molar-refractivity contribution in [1.29, 1.82) is 0 Å². The van der Waals surface area contributed by atoms with Crippen LogP contribution in [0.3, 0.4) is 0 Å². The zero-order valence-corrected chi connectivity index (χ0v) is 11.5. The minimum Gasteiger partial charge on any atom is -0.480 e. The second kappa shape index (κ2) is 7.34. The fraction of sp³-hybridized carbons (Fsp3) is 0.375. The molecule has 0 saturated heterocycles. The van der Waals surface area contributed by atoms with E-state index in [2.05, 4.69) is 5.92 Å². The monoisotopic (exact) mass is 274 g/mol. The third-order valence-corrected chi connectivity index (χ3v) is 3.12. The number of hydrogen-bond donors (Lipinski definition) is 1. The molecule has 1 rings (SSSR count). The minimum absolute atomic E-state index is 0.0621. The first kappa shape index (κ1) is 15.8. The molecule has 0 radical (unpaired) electrons. The number of rotatable bonds is 7. The van der Waals surface area contributed by atoms with Gasteiger partial charge in [-0.05, 0) is 25.3 Å². The fourth-order valence-electron chi connectivity index (χ4n) is 2.03. The van der Waals surface area contributed by atoms with E-state index in [4.69, 9.17) is 11.2 Å². The van der Waals surface area contributed by atoms with Gasteiger partial charge in [0, 0.05) is 6.42 Å². The molecule has 4 heteroatoms. The number of aliphatic carboxylic acids is 1. The first-order valence-corrected chi connectivity index (χ1v) is 6.45. The summed E-state index contributed by atoms with van der Waals surface area (Å²) in [7, 11) is 0. The Bertz CT molecular complexity index is 501. The third kappa shape index (κ3) is 3.61. The van der Waals surface area contributed by atoms with E-state index in [0.29, 0.717) is 0 Å². The number of carboxylic acid groups (broad SMARTS) is 1. The lowest BCUT2D eigenvalue weighted by atomic mass is 9.77. The summed E-state index contributed by atoms with van der Waals surface area (Å²) in [6.07, 6.45) is 5.55. The molecule has 0 heterocycles. The second-order valence-corrected chi connectivity index (χ2v) is 4.47. The number of carboxylic acids is 1. The summed E-state index contributed by atoms with van der Waals surface area (Å²) in [5, 5.41) is 9.54. The predicted molar refractivity (Wildman–Crippen MR) is 74.9 cm³/mol. The van der Waals surface area contributed by atoms with Crippen molar-refractivity contribution in [3.8, 4) is 12.3 Å². The van der Waals surface area contributed by atoms with Crippen molar-refractivity contribution in [2.75, 3.05) is 6.61 Å². The van der Waals surface area contributed by atoms with Gasteiger partial charge in [0.25, 0.3) is 0 Å². The van der Waals surface area contributed by atoms with Crippen LogP contribution in [-0.2, 0) is 20.7 Å². The lowest BCUT2D eigenvalue weighted by molar-refractivity contribution is -0.169. The van der Waals surface area contributed by atoms with Crippen molar-refractivity contribution in [3.63, 3.8) is 0 Å². The van der Waals surface area contributed by atoms with Crippen LogP contribution in [0.4, 0.5) is 0 Å². The van der Waals surface area contributed by atoms with Crippen molar-refractivity contribution >= 4 is 11.9 Å². The highest BCUT2D eigenvalue weighted by Crippen LogP contribution is 2.31. The van der Waals surface area contributed by atoms with Crippen molar-refractivity contribution < 1.29 is 19.4 Å². The lowest BCUT2D eigenvalue weighted by Gasteiger charge is -2.26. The average Bonchev–Trinajstić information content (AvgIpc) is 2.44. The molecule has 1 N–H and O–H groups in total. The maximum atomic E-state index is 12.1. The number of ether oxygens (including phenoxy) is 1. The Labute approximate surface area is 118 Å². The van der Waals surface area contributed by atoms with Gasteiger partial charge in [-0.15, -0.1) is 12.3 Å². The Morgan fingerprint density at radius 3 is 2.50 bits per heavy atom. The van der Waals surface area contributed by atoms with E-state index in [1.165, 1.54) is 0 Å². The van der Waals surface area contributed by atoms with Gasteiger partial charge < -0.3 is 9.84 Å². The summed E-state index contributed by atoms with van der Waals surface area (Å²) < 4.78 is 4.95. The van der Waals surface area contributed by atoms with Gasteiger partial charge in [0.2, 0.25) is 0 Å². The van der Waals surface area contributed by atoms with Gasteiger partial charge in [0.1, 0.15) is 0 Å². The zero-order chi connectivity index (χ0) is 15.0. The molecule has 0 spiro atoms. The van der Waals surface area contributed by atoms with Crippen LogP contribution in [0.15, 0.2) is 30.3 Å². The molecule has 1 unspecified atom stereocenters. The van der Waals surface area contributed by atoms with Crippen LogP contribution in [0, 0.1) is 17.8 Å². The number of esters is 1. The first-order chi connectivity index (χ1) is 9.56. The summed E-state index contributed by atoms with van der Waals surface area (Å²) in [5.41, 5.74) is -0.857. The molecular formula is C16H18O4. The third-order valence-electron chi connectivity index (χ3n) is 3.12. The van der Waals surface area contributed by atoms with Crippen LogP contribution in [0.1, 0.15) is 25.3 Å². The van der Waals surface area contributed by atoms with Crippen LogP contribution >= 0.6 is 0 Å². The highest BCUT2D eigenvalue weighted by atomic mass is 16.5. The SMILES string of the molecule is C#CCCC(Cc1ccccc1)(C(=O)O)C(=O)OCC. The Kier molecular flexibility index (Phi) is 5.79. The molecule has 106 valence electrons. The smallest absolute Gasteiger partial charge is 0.323 e. The summed E-state index contributed by atoms with van der Waals surface area (Å²) in [5.74, 6) is 0.460. The molecule has 0 aromatic heterocycles. The molecule has 0 amide bonds. The number of terminal acetylenes is 1. The number of benzene rings is 1. The summed E-state index contributed by atoms with van der Waals surface area (Å²) >= 11 is 0. The van der Waals surface area contributed by atoms with E-state index < -0.39 is 17.4 Å². The van der Waals surface area contributed by atoms with E-state index in [9.17, 15) is 14.7 Å². The molecule has 0 fully saturated rings. The van der Waals surface area contributed by atoms with Crippen molar-refractivity contribution in [3.05, 3.63) is 35.9 Å². The Balaban J connectivity index is 3.12. The Morgan fingerprint density at radius 1 is 1.35 bits per heavy atom. The van der Waals surface area contributed by atoms with Crippen molar-refractivity contribution in [1.82, 2.24) is 0 Å². The van der Waals surface area contributed by atoms with Crippen LogP contribution < -0.4 is 0 Å². The molecule has 20 heavy (non-hydrogen) atoms. The van der Waals surface area contributed by atoms with Crippen LogP contribution in [0.2, 0.25) is 0 Å². The lowest BCUT2D eigenvalue weighted by Crippen LogP contribution is -2.42.